The molecule has 0 aliphatic heterocycles. The Morgan fingerprint density at radius 1 is 0.913 bits per heavy atom. The lowest BCUT2D eigenvalue weighted by Crippen LogP contribution is -2.43. The van der Waals surface area contributed by atoms with Gasteiger partial charge < -0.3 is 9.22 Å². The minimum atomic E-state index is -0.379. The molecule has 118 valence electrons. The molecule has 0 saturated heterocycles. The van der Waals surface area contributed by atoms with Gasteiger partial charge in [0.2, 0.25) is 6.04 Å². The summed E-state index contributed by atoms with van der Waals surface area (Å²) in [6, 6.07) is 18.2. The van der Waals surface area contributed by atoms with E-state index >= 15 is 0 Å². The lowest BCUT2D eigenvalue weighted by molar-refractivity contribution is -0.892. The molecule has 0 radical (unpaired) electrons. The number of esters is 1. The first kappa shape index (κ1) is 15.5. The summed E-state index contributed by atoms with van der Waals surface area (Å²) in [5.41, 5.74) is 1.04. The zero-order valence-electron chi connectivity index (χ0n) is 14.0. The number of likely N-dealkylation sites (N-methyl/N-ethyl adjacent to an activating group) is 1. The molecule has 3 aromatic carbocycles. The highest BCUT2D eigenvalue weighted by atomic mass is 16.5. The van der Waals surface area contributed by atoms with E-state index in [1.807, 2.05) is 45.4 Å². The normalized spacial score (nSPS) is 13.2. The fourth-order valence-electron chi connectivity index (χ4n) is 3.28. The summed E-state index contributed by atoms with van der Waals surface area (Å²) in [4.78, 5) is 12.6. The Bertz CT molecular complexity index is 824. The van der Waals surface area contributed by atoms with E-state index in [-0.39, 0.29) is 12.0 Å². The van der Waals surface area contributed by atoms with Gasteiger partial charge in [-0.15, -0.1) is 0 Å². The van der Waals surface area contributed by atoms with Gasteiger partial charge in [0.1, 0.15) is 0 Å². The van der Waals surface area contributed by atoms with Crippen molar-refractivity contribution in [2.45, 2.75) is 6.04 Å². The molecule has 0 amide bonds. The monoisotopic (exact) mass is 308 g/mol. The summed E-state index contributed by atoms with van der Waals surface area (Å²) in [7, 11) is 7.53. The molecule has 3 rings (SSSR count). The molecule has 0 spiro atoms. The van der Waals surface area contributed by atoms with E-state index in [1.165, 1.54) is 7.11 Å². The topological polar surface area (TPSA) is 26.3 Å². The van der Waals surface area contributed by atoms with Crippen LogP contribution in [0.3, 0.4) is 0 Å². The lowest BCUT2D eigenvalue weighted by atomic mass is 9.91. The number of methoxy groups -OCH3 is 1. The van der Waals surface area contributed by atoms with Crippen LogP contribution >= 0.6 is 0 Å². The molecule has 0 bridgehead atoms. The number of carbonyl (C=O) groups excluding carboxylic acids is 1. The number of carbonyl (C=O) groups is 1. The molecule has 0 heterocycles. The zero-order valence-corrected chi connectivity index (χ0v) is 14.0. The van der Waals surface area contributed by atoms with Gasteiger partial charge in [-0.2, -0.15) is 0 Å². The summed E-state index contributed by atoms with van der Waals surface area (Å²) < 4.78 is 5.61. The average Bonchev–Trinajstić information content (AvgIpc) is 2.53. The van der Waals surface area contributed by atoms with Gasteiger partial charge in [-0.3, -0.25) is 0 Å². The van der Waals surface area contributed by atoms with Crippen LogP contribution in [0.4, 0.5) is 0 Å². The lowest BCUT2D eigenvalue weighted by Gasteiger charge is -2.33. The molecule has 3 heteroatoms. The number of quaternary nitrogens is 1. The smallest absolute Gasteiger partial charge is 0.369 e. The Hall–Kier alpha value is -2.39. The van der Waals surface area contributed by atoms with E-state index in [2.05, 4.69) is 30.3 Å². The summed E-state index contributed by atoms with van der Waals surface area (Å²) in [5, 5.41) is 4.50. The van der Waals surface area contributed by atoms with E-state index in [9.17, 15) is 4.79 Å². The average molecular weight is 308 g/mol. The molecule has 1 unspecified atom stereocenters. The van der Waals surface area contributed by atoms with E-state index in [1.54, 1.807) is 0 Å². The van der Waals surface area contributed by atoms with Crippen LogP contribution in [0.1, 0.15) is 11.6 Å². The maximum atomic E-state index is 12.6. The van der Waals surface area contributed by atoms with Crippen molar-refractivity contribution in [2.24, 2.45) is 0 Å². The largest absolute Gasteiger partial charge is 0.464 e. The first-order valence-electron chi connectivity index (χ1n) is 7.73. The Morgan fingerprint density at radius 2 is 1.39 bits per heavy atom. The van der Waals surface area contributed by atoms with Crippen molar-refractivity contribution in [3.63, 3.8) is 0 Å². The molecule has 0 fully saturated rings. The first-order valence-corrected chi connectivity index (χ1v) is 7.73. The van der Waals surface area contributed by atoms with Gasteiger partial charge in [0, 0.05) is 5.56 Å². The molecule has 0 aromatic heterocycles. The van der Waals surface area contributed by atoms with Crippen molar-refractivity contribution in [3.05, 3.63) is 60.2 Å². The standard InChI is InChI=1S/C20H22NO2/c1-21(2,3)19(20(22)23-4)18-16-11-7-5-9-14(16)13-15-10-6-8-12-17(15)18/h5-13,19H,1-4H3/q+1. The number of benzene rings is 3. The van der Waals surface area contributed by atoms with Crippen LogP contribution in [0.15, 0.2) is 54.6 Å². The van der Waals surface area contributed by atoms with Crippen molar-refractivity contribution in [1.82, 2.24) is 0 Å². The van der Waals surface area contributed by atoms with Crippen LogP contribution in [0.25, 0.3) is 21.5 Å². The summed E-state index contributed by atoms with van der Waals surface area (Å²) in [6.45, 7) is 0. The van der Waals surface area contributed by atoms with Crippen molar-refractivity contribution in [1.29, 1.82) is 0 Å². The second-order valence-corrected chi connectivity index (χ2v) is 6.77. The highest BCUT2D eigenvalue weighted by Crippen LogP contribution is 2.37. The minimum Gasteiger partial charge on any atom is -0.464 e. The summed E-state index contributed by atoms with van der Waals surface area (Å²) in [6.07, 6.45) is 0. The van der Waals surface area contributed by atoms with Crippen LogP contribution in [0.2, 0.25) is 0 Å². The third kappa shape index (κ3) is 2.68. The van der Waals surface area contributed by atoms with Crippen LogP contribution in [-0.4, -0.2) is 38.7 Å². The molecule has 1 atom stereocenters. The van der Waals surface area contributed by atoms with Crippen molar-refractivity contribution in [2.75, 3.05) is 28.3 Å². The van der Waals surface area contributed by atoms with Crippen molar-refractivity contribution >= 4 is 27.5 Å². The van der Waals surface area contributed by atoms with Gasteiger partial charge >= 0.3 is 5.97 Å². The molecule has 3 aromatic rings. The number of hydrogen-bond donors (Lipinski definition) is 0. The predicted molar refractivity (Wildman–Crippen MR) is 94.2 cm³/mol. The Balaban J connectivity index is 2.46. The van der Waals surface area contributed by atoms with E-state index in [0.717, 1.165) is 27.1 Å². The molecule has 0 saturated carbocycles. The number of ether oxygens (including phenoxy) is 1. The number of fused-ring (bicyclic) bond motifs is 2. The van der Waals surface area contributed by atoms with Gasteiger partial charge in [-0.1, -0.05) is 48.5 Å². The maximum absolute atomic E-state index is 12.6. The molecule has 3 nitrogen and oxygen atoms in total. The minimum absolute atomic E-state index is 0.209. The quantitative estimate of drug-likeness (QED) is 0.416. The number of nitrogens with zero attached hydrogens (tertiary/aromatic N) is 1. The maximum Gasteiger partial charge on any atom is 0.369 e. The third-order valence-corrected chi connectivity index (χ3v) is 4.29. The van der Waals surface area contributed by atoms with Gasteiger partial charge in [0.25, 0.3) is 0 Å². The second kappa shape index (κ2) is 5.67. The Morgan fingerprint density at radius 3 is 1.83 bits per heavy atom. The van der Waals surface area contributed by atoms with E-state index in [4.69, 9.17) is 4.74 Å². The zero-order chi connectivity index (χ0) is 16.6. The highest BCUT2D eigenvalue weighted by Gasteiger charge is 2.36. The molecular weight excluding hydrogens is 286 g/mol. The van der Waals surface area contributed by atoms with Crippen LogP contribution in [0.5, 0.6) is 0 Å². The Labute approximate surface area is 136 Å². The van der Waals surface area contributed by atoms with Crippen LogP contribution < -0.4 is 0 Å². The van der Waals surface area contributed by atoms with Gasteiger partial charge in [-0.25, -0.2) is 4.79 Å². The molecular formula is C20H22NO2+. The predicted octanol–water partition coefficient (Wildman–Crippen LogP) is 3.91. The molecule has 0 aliphatic rings. The fourth-order valence-corrected chi connectivity index (χ4v) is 3.28. The van der Waals surface area contributed by atoms with Gasteiger partial charge in [0.15, 0.2) is 0 Å². The SMILES string of the molecule is COC(=O)C(c1c2ccccc2cc2ccccc12)[N+](C)(C)C. The summed E-state index contributed by atoms with van der Waals surface area (Å²) >= 11 is 0. The van der Waals surface area contributed by atoms with Crippen LogP contribution in [-0.2, 0) is 9.53 Å². The third-order valence-electron chi connectivity index (χ3n) is 4.29. The number of rotatable bonds is 3. The Kier molecular flexibility index (Phi) is 3.82. The molecule has 0 N–H and O–H groups in total. The van der Waals surface area contributed by atoms with Crippen LogP contribution in [0, 0.1) is 0 Å². The highest BCUT2D eigenvalue weighted by molar-refractivity contribution is 6.05. The van der Waals surface area contributed by atoms with E-state index < -0.39 is 0 Å². The van der Waals surface area contributed by atoms with Crippen molar-refractivity contribution in [3.8, 4) is 0 Å². The van der Waals surface area contributed by atoms with E-state index in [0.29, 0.717) is 4.48 Å². The van der Waals surface area contributed by atoms with Crippen molar-refractivity contribution < 1.29 is 14.0 Å². The second-order valence-electron chi connectivity index (χ2n) is 6.77. The van der Waals surface area contributed by atoms with Gasteiger partial charge in [0.05, 0.1) is 28.3 Å². The fraction of sp³-hybridized carbons (Fsp3) is 0.250. The number of hydrogen-bond acceptors (Lipinski definition) is 2. The molecule has 23 heavy (non-hydrogen) atoms. The molecule has 0 aliphatic carbocycles. The van der Waals surface area contributed by atoms with Gasteiger partial charge in [-0.05, 0) is 27.6 Å². The first-order chi connectivity index (χ1) is 10.9. The summed E-state index contributed by atoms with van der Waals surface area (Å²) in [5.74, 6) is -0.209.